The van der Waals surface area contributed by atoms with E-state index in [1.807, 2.05) is 95.6 Å². The van der Waals surface area contributed by atoms with E-state index in [9.17, 15) is 9.59 Å². The van der Waals surface area contributed by atoms with Gasteiger partial charge in [0.15, 0.2) is 0 Å². The fourth-order valence-electron chi connectivity index (χ4n) is 4.83. The van der Waals surface area contributed by atoms with Gasteiger partial charge in [0.2, 0.25) is 0 Å². The molecule has 0 N–H and O–H groups in total. The van der Waals surface area contributed by atoms with Crippen LogP contribution in [0.15, 0.2) is 108 Å². The van der Waals surface area contributed by atoms with Gasteiger partial charge in [0.05, 0.1) is 6.04 Å². The molecule has 1 aliphatic rings. The van der Waals surface area contributed by atoms with Gasteiger partial charge in [0.25, 0.3) is 11.8 Å². The molecule has 36 heavy (non-hydrogen) atoms. The number of carbonyl (C=O) groups excluding carboxylic acids is 2. The number of benzene rings is 4. The van der Waals surface area contributed by atoms with Crippen LogP contribution in [0.5, 0.6) is 0 Å². The first-order valence-electron chi connectivity index (χ1n) is 11.8. The van der Waals surface area contributed by atoms with Crippen molar-refractivity contribution in [3.8, 4) is 0 Å². The summed E-state index contributed by atoms with van der Waals surface area (Å²) in [5, 5.41) is 0.587. The van der Waals surface area contributed by atoms with Gasteiger partial charge in [-0.05, 0) is 85.6 Å². The van der Waals surface area contributed by atoms with E-state index in [2.05, 4.69) is 15.9 Å². The van der Waals surface area contributed by atoms with Crippen molar-refractivity contribution in [3.63, 3.8) is 0 Å². The van der Waals surface area contributed by atoms with E-state index in [-0.39, 0.29) is 23.9 Å². The fraction of sp³-hybridized carbons (Fsp3) is 0.133. The third kappa shape index (κ3) is 4.69. The first-order valence-corrected chi connectivity index (χ1v) is 12.9. The van der Waals surface area contributed by atoms with Crippen LogP contribution in [0.4, 0.5) is 11.4 Å². The highest BCUT2D eigenvalue weighted by molar-refractivity contribution is 9.10. The van der Waals surface area contributed by atoms with Crippen LogP contribution in [0.2, 0.25) is 5.02 Å². The molecule has 0 spiro atoms. The fourth-order valence-corrected chi connectivity index (χ4v) is 5.22. The Kier molecular flexibility index (Phi) is 6.95. The highest BCUT2D eigenvalue weighted by Crippen LogP contribution is 2.43. The molecule has 0 aromatic heterocycles. The van der Waals surface area contributed by atoms with Gasteiger partial charge in [0, 0.05) is 38.0 Å². The van der Waals surface area contributed by atoms with Crippen LogP contribution in [-0.2, 0) is 0 Å². The molecule has 2 unspecified atom stereocenters. The first kappa shape index (κ1) is 24.3. The summed E-state index contributed by atoms with van der Waals surface area (Å²) in [5.41, 5.74) is 3.74. The molecule has 0 aliphatic carbocycles. The molecule has 4 aromatic carbocycles. The summed E-state index contributed by atoms with van der Waals surface area (Å²) in [6.45, 7) is 2.03. The van der Waals surface area contributed by atoms with E-state index < -0.39 is 0 Å². The minimum atomic E-state index is -0.246. The molecule has 180 valence electrons. The van der Waals surface area contributed by atoms with Crippen LogP contribution in [0, 0.1) is 0 Å². The minimum absolute atomic E-state index is 0.0850. The first-order chi connectivity index (χ1) is 17.4. The molecule has 4 nitrogen and oxygen atoms in total. The van der Waals surface area contributed by atoms with Crippen LogP contribution in [0.1, 0.15) is 45.7 Å². The van der Waals surface area contributed by atoms with Crippen molar-refractivity contribution in [1.29, 1.82) is 0 Å². The van der Waals surface area contributed by atoms with Crippen LogP contribution in [-0.4, -0.2) is 17.9 Å². The van der Waals surface area contributed by atoms with E-state index in [1.165, 1.54) is 0 Å². The Balaban J connectivity index is 1.60. The van der Waals surface area contributed by atoms with Gasteiger partial charge in [-0.25, -0.2) is 0 Å². The molecular formula is C30H24BrClN2O2. The largest absolute Gasteiger partial charge is 0.305 e. The average Bonchev–Trinajstić information content (AvgIpc) is 2.90. The monoisotopic (exact) mass is 558 g/mol. The normalized spacial score (nSPS) is 16.8. The van der Waals surface area contributed by atoms with E-state index in [0.29, 0.717) is 22.6 Å². The maximum absolute atomic E-state index is 14.0. The number of rotatable bonds is 4. The Bertz CT molecular complexity index is 1390. The molecular weight excluding hydrogens is 536 g/mol. The summed E-state index contributed by atoms with van der Waals surface area (Å²) in [5.74, 6) is -0.172. The Morgan fingerprint density at radius 1 is 0.833 bits per heavy atom. The number of para-hydroxylation sites is 2. The second-order valence-corrected chi connectivity index (χ2v) is 10.2. The van der Waals surface area contributed by atoms with Gasteiger partial charge in [-0.1, -0.05) is 63.9 Å². The lowest BCUT2D eigenvalue weighted by atomic mass is 9.89. The molecule has 6 heteroatoms. The average molecular weight is 560 g/mol. The standard InChI is InChI=1S/C30H24BrClN2O2/c1-20-19-28(34(25-7-3-2-4-8-25)30(36)21-11-15-23(31)16-12-21)26-9-5-6-10-27(26)33(20)29(35)22-13-17-24(32)18-14-22/h2-18,20,28H,19H2,1H3. The molecule has 2 amide bonds. The zero-order chi connectivity index (χ0) is 25.2. The van der Waals surface area contributed by atoms with Crippen molar-refractivity contribution in [2.75, 3.05) is 9.80 Å². The van der Waals surface area contributed by atoms with Crippen molar-refractivity contribution in [2.45, 2.75) is 25.4 Å². The predicted molar refractivity (Wildman–Crippen MR) is 149 cm³/mol. The lowest BCUT2D eigenvalue weighted by Crippen LogP contribution is -2.47. The van der Waals surface area contributed by atoms with Gasteiger partial charge in [-0.3, -0.25) is 9.59 Å². The summed E-state index contributed by atoms with van der Waals surface area (Å²) in [4.78, 5) is 31.3. The Hall–Kier alpha value is -3.41. The van der Waals surface area contributed by atoms with E-state index in [0.717, 1.165) is 21.4 Å². The SMILES string of the molecule is CC1CC(N(C(=O)c2ccc(Br)cc2)c2ccccc2)c2ccccc2N1C(=O)c1ccc(Cl)cc1. The molecule has 1 heterocycles. The number of fused-ring (bicyclic) bond motifs is 1. The molecule has 4 aromatic rings. The van der Waals surface area contributed by atoms with Crippen molar-refractivity contribution in [3.05, 3.63) is 129 Å². The minimum Gasteiger partial charge on any atom is -0.305 e. The molecule has 0 radical (unpaired) electrons. The topological polar surface area (TPSA) is 40.6 Å². The zero-order valence-electron chi connectivity index (χ0n) is 19.6. The molecule has 0 bridgehead atoms. The molecule has 0 fully saturated rings. The number of nitrogens with zero attached hydrogens (tertiary/aromatic N) is 2. The second-order valence-electron chi connectivity index (χ2n) is 8.86. The third-order valence-electron chi connectivity index (χ3n) is 6.53. The summed E-state index contributed by atoms with van der Waals surface area (Å²) in [6.07, 6.45) is 0.591. The Labute approximate surface area is 224 Å². The highest BCUT2D eigenvalue weighted by Gasteiger charge is 2.39. The van der Waals surface area contributed by atoms with Crippen LogP contribution in [0.25, 0.3) is 0 Å². The smallest absolute Gasteiger partial charge is 0.258 e. The van der Waals surface area contributed by atoms with Crippen molar-refractivity contribution < 1.29 is 9.59 Å². The van der Waals surface area contributed by atoms with Crippen LogP contribution in [0.3, 0.4) is 0 Å². The molecule has 2 atom stereocenters. The maximum Gasteiger partial charge on any atom is 0.258 e. The lowest BCUT2D eigenvalue weighted by molar-refractivity contribution is 0.0965. The third-order valence-corrected chi connectivity index (χ3v) is 7.31. The van der Waals surface area contributed by atoms with E-state index >= 15 is 0 Å². The maximum atomic E-state index is 14.0. The van der Waals surface area contributed by atoms with Crippen molar-refractivity contribution >= 4 is 50.7 Å². The number of anilines is 2. The number of amides is 2. The van der Waals surface area contributed by atoms with Crippen LogP contribution >= 0.6 is 27.5 Å². The quantitative estimate of drug-likeness (QED) is 0.255. The zero-order valence-corrected chi connectivity index (χ0v) is 22.0. The van der Waals surface area contributed by atoms with Gasteiger partial charge in [0.1, 0.15) is 0 Å². The van der Waals surface area contributed by atoms with Gasteiger partial charge < -0.3 is 9.80 Å². The van der Waals surface area contributed by atoms with Crippen molar-refractivity contribution in [1.82, 2.24) is 0 Å². The lowest BCUT2D eigenvalue weighted by Gasteiger charge is -2.43. The predicted octanol–water partition coefficient (Wildman–Crippen LogP) is 7.93. The Morgan fingerprint density at radius 2 is 1.44 bits per heavy atom. The number of hydrogen-bond acceptors (Lipinski definition) is 2. The summed E-state index contributed by atoms with van der Waals surface area (Å²) in [7, 11) is 0. The summed E-state index contributed by atoms with van der Waals surface area (Å²) < 4.78 is 0.915. The van der Waals surface area contributed by atoms with Gasteiger partial charge in [-0.2, -0.15) is 0 Å². The molecule has 1 aliphatic heterocycles. The number of halogens is 2. The second kappa shape index (κ2) is 10.3. The van der Waals surface area contributed by atoms with Gasteiger partial charge in [-0.15, -0.1) is 0 Å². The van der Waals surface area contributed by atoms with Crippen molar-refractivity contribution in [2.24, 2.45) is 0 Å². The Morgan fingerprint density at radius 3 is 2.14 bits per heavy atom. The van der Waals surface area contributed by atoms with Gasteiger partial charge >= 0.3 is 0 Å². The summed E-state index contributed by atoms with van der Waals surface area (Å²) in [6, 6.07) is 31.6. The number of hydrogen-bond donors (Lipinski definition) is 0. The van der Waals surface area contributed by atoms with E-state index in [4.69, 9.17) is 11.6 Å². The number of carbonyl (C=O) groups is 2. The van der Waals surface area contributed by atoms with E-state index in [1.54, 1.807) is 24.3 Å². The molecule has 0 saturated heterocycles. The summed E-state index contributed by atoms with van der Waals surface area (Å²) >= 11 is 9.50. The highest BCUT2D eigenvalue weighted by atomic mass is 79.9. The molecule has 0 saturated carbocycles. The molecule has 5 rings (SSSR count). The van der Waals surface area contributed by atoms with Crippen LogP contribution < -0.4 is 9.80 Å².